The molecule has 0 spiro atoms. The van der Waals surface area contributed by atoms with E-state index in [1.807, 2.05) is 112 Å². The Labute approximate surface area is 326 Å². The third-order valence-corrected chi connectivity index (χ3v) is 10.6. The fraction of sp³-hybridized carbons (Fsp3) is 0.250. The zero-order valence-corrected chi connectivity index (χ0v) is 32.1. The Balaban J connectivity index is 1.46. The minimum atomic E-state index is -1.28. The molecule has 0 bridgehead atoms. The molecule has 0 aromatic heterocycles. The van der Waals surface area contributed by atoms with Crippen LogP contribution in [-0.2, 0) is 32.0 Å². The van der Waals surface area contributed by atoms with Crippen LogP contribution in [0.5, 0.6) is 5.75 Å². The molecule has 3 atom stereocenters. The van der Waals surface area contributed by atoms with Crippen molar-refractivity contribution in [1.29, 1.82) is 0 Å². The van der Waals surface area contributed by atoms with Crippen LogP contribution >= 0.6 is 23.4 Å². The Hall–Kier alpha value is -5.09. The van der Waals surface area contributed by atoms with Gasteiger partial charge in [0.15, 0.2) is 0 Å². The van der Waals surface area contributed by atoms with E-state index in [1.54, 1.807) is 48.5 Å². The van der Waals surface area contributed by atoms with E-state index < -0.39 is 46.3 Å². The number of aliphatic carboxylic acids is 1. The van der Waals surface area contributed by atoms with Gasteiger partial charge in [-0.2, -0.15) is 0 Å². The third-order valence-electron chi connectivity index (χ3n) is 8.75. The van der Waals surface area contributed by atoms with Gasteiger partial charge in [0, 0.05) is 17.2 Å². The van der Waals surface area contributed by atoms with Crippen LogP contribution in [0.4, 0.5) is 0 Å². The Morgan fingerprint density at radius 3 is 1.57 bits per heavy atom. The molecule has 280 valence electrons. The lowest BCUT2D eigenvalue weighted by Gasteiger charge is -2.36. The molecule has 0 aliphatic carbocycles. The first-order valence-electron chi connectivity index (χ1n) is 17.8. The lowest BCUT2D eigenvalue weighted by atomic mass is 9.84. The lowest BCUT2D eigenvalue weighted by molar-refractivity contribution is -0.142. The number of hydrogen-bond donors (Lipinski definition) is 4. The summed E-state index contributed by atoms with van der Waals surface area (Å²) in [5, 5.41) is 16.4. The van der Waals surface area contributed by atoms with Crippen molar-refractivity contribution in [2.24, 2.45) is 5.73 Å². The van der Waals surface area contributed by atoms with E-state index in [0.29, 0.717) is 16.3 Å². The molecule has 2 amide bonds. The van der Waals surface area contributed by atoms with Crippen molar-refractivity contribution in [3.8, 4) is 5.75 Å². The second-order valence-electron chi connectivity index (χ2n) is 14.1. The molecule has 0 unspecified atom stereocenters. The number of thioether (sulfide) groups is 1. The summed E-state index contributed by atoms with van der Waals surface area (Å²) < 4.78 is 5.11. The number of hydrogen-bond acceptors (Lipinski definition) is 6. The Morgan fingerprint density at radius 2 is 1.11 bits per heavy atom. The highest BCUT2D eigenvalue weighted by Gasteiger charge is 2.39. The lowest BCUT2D eigenvalue weighted by Crippen LogP contribution is -2.56. The normalized spacial score (nSPS) is 13.3. The molecular formula is C44H46ClN3O5S. The first-order chi connectivity index (χ1) is 25.8. The molecule has 8 nitrogen and oxygen atoms in total. The van der Waals surface area contributed by atoms with E-state index in [2.05, 4.69) is 10.6 Å². The number of halogens is 1. The van der Waals surface area contributed by atoms with E-state index in [0.717, 1.165) is 22.3 Å². The molecule has 5 aromatic carbocycles. The highest BCUT2D eigenvalue weighted by atomic mass is 35.5. The number of carboxylic acid groups (broad SMARTS) is 1. The van der Waals surface area contributed by atoms with Gasteiger partial charge in [-0.25, -0.2) is 4.79 Å². The fourth-order valence-electron chi connectivity index (χ4n) is 6.16. The van der Waals surface area contributed by atoms with Gasteiger partial charge in [0.1, 0.15) is 23.4 Å². The summed E-state index contributed by atoms with van der Waals surface area (Å²) in [4.78, 5) is 40.6. The molecular weight excluding hydrogens is 718 g/mol. The number of rotatable bonds is 16. The maximum atomic E-state index is 14.3. The predicted molar refractivity (Wildman–Crippen MR) is 217 cm³/mol. The molecule has 0 heterocycles. The van der Waals surface area contributed by atoms with Crippen LogP contribution in [0.15, 0.2) is 140 Å². The topological polar surface area (TPSA) is 131 Å². The van der Waals surface area contributed by atoms with Crippen LogP contribution in [-0.4, -0.2) is 52.4 Å². The van der Waals surface area contributed by atoms with Crippen molar-refractivity contribution in [1.82, 2.24) is 10.6 Å². The van der Waals surface area contributed by atoms with Crippen molar-refractivity contribution in [3.63, 3.8) is 0 Å². The first-order valence-corrected chi connectivity index (χ1v) is 19.1. The molecule has 0 radical (unpaired) electrons. The van der Waals surface area contributed by atoms with E-state index in [-0.39, 0.29) is 18.6 Å². The molecule has 5 N–H and O–H groups in total. The molecule has 54 heavy (non-hydrogen) atoms. The SMILES string of the molecule is CC(C)(C)Oc1ccc(C[C@H](NC(=O)[C@@H](CSC(c2ccccc2)(c2ccccc2)c2ccccc2)NC(=O)[C@@H](N)Cc2ccc(Cl)cc2)C(=O)O)cc1. The predicted octanol–water partition coefficient (Wildman–Crippen LogP) is 7.41. The van der Waals surface area contributed by atoms with Crippen LogP contribution in [0.3, 0.4) is 0 Å². The van der Waals surface area contributed by atoms with Crippen LogP contribution in [0.1, 0.15) is 48.6 Å². The van der Waals surface area contributed by atoms with Crippen LogP contribution < -0.4 is 21.1 Å². The zero-order chi connectivity index (χ0) is 38.7. The van der Waals surface area contributed by atoms with E-state index in [9.17, 15) is 19.5 Å². The van der Waals surface area contributed by atoms with Gasteiger partial charge in [-0.05, 0) is 79.3 Å². The van der Waals surface area contributed by atoms with Crippen molar-refractivity contribution in [2.75, 3.05) is 5.75 Å². The van der Waals surface area contributed by atoms with E-state index in [1.165, 1.54) is 11.8 Å². The van der Waals surface area contributed by atoms with Crippen LogP contribution in [0.25, 0.3) is 0 Å². The summed E-state index contributed by atoms with van der Waals surface area (Å²) in [5.74, 6) is -1.66. The monoisotopic (exact) mass is 763 g/mol. The van der Waals surface area contributed by atoms with E-state index >= 15 is 0 Å². The first kappa shape index (κ1) is 40.1. The summed E-state index contributed by atoms with van der Waals surface area (Å²) in [6.07, 6.45) is 0.224. The molecule has 5 rings (SSSR count). The van der Waals surface area contributed by atoms with Gasteiger partial charge in [-0.3, -0.25) is 9.59 Å². The van der Waals surface area contributed by atoms with Crippen molar-refractivity contribution in [3.05, 3.63) is 172 Å². The summed E-state index contributed by atoms with van der Waals surface area (Å²) in [7, 11) is 0. The van der Waals surface area contributed by atoms with Crippen molar-refractivity contribution in [2.45, 2.75) is 62.1 Å². The minimum absolute atomic E-state index is 0.0166. The van der Waals surface area contributed by atoms with Crippen LogP contribution in [0, 0.1) is 0 Å². The summed E-state index contributed by atoms with van der Waals surface area (Å²) in [5.41, 5.74) is 10.4. The van der Waals surface area contributed by atoms with Gasteiger partial charge in [-0.15, -0.1) is 11.8 Å². The Kier molecular flexibility index (Phi) is 13.6. The number of ether oxygens (including phenoxy) is 1. The Bertz CT molecular complexity index is 1880. The maximum absolute atomic E-state index is 14.3. The second-order valence-corrected chi connectivity index (χ2v) is 15.7. The minimum Gasteiger partial charge on any atom is -0.488 e. The fourth-order valence-corrected chi connectivity index (χ4v) is 7.85. The number of amides is 2. The molecule has 5 aromatic rings. The Morgan fingerprint density at radius 1 is 0.667 bits per heavy atom. The van der Waals surface area contributed by atoms with Gasteiger partial charge >= 0.3 is 5.97 Å². The third kappa shape index (κ3) is 10.7. The average molecular weight is 764 g/mol. The molecule has 0 saturated heterocycles. The van der Waals surface area contributed by atoms with Crippen molar-refractivity contribution >= 4 is 41.1 Å². The smallest absolute Gasteiger partial charge is 0.326 e. The standard InChI is InChI=1S/C44H46ClN3O5S/c1-43(2,3)53-36-25-21-31(22-26-36)28-38(42(51)52)47-41(50)39(48-40(49)37(46)27-30-19-23-35(45)24-20-30)29-54-44(32-13-7-4-8-14-32,33-15-9-5-10-16-33)34-17-11-6-12-18-34/h4-26,37-39H,27-29,46H2,1-3H3,(H,47,50)(H,48,49)(H,51,52)/t37-,38-,39+/m0/s1. The molecule has 0 aliphatic heterocycles. The summed E-state index contributed by atoms with van der Waals surface area (Å²) >= 11 is 7.54. The maximum Gasteiger partial charge on any atom is 0.326 e. The number of carbonyl (C=O) groups is 3. The van der Waals surface area contributed by atoms with Gasteiger partial charge in [0.2, 0.25) is 11.8 Å². The van der Waals surface area contributed by atoms with E-state index in [4.69, 9.17) is 22.1 Å². The molecule has 10 heteroatoms. The number of benzene rings is 5. The van der Waals surface area contributed by atoms with Gasteiger partial charge < -0.3 is 26.2 Å². The van der Waals surface area contributed by atoms with Crippen molar-refractivity contribution < 1.29 is 24.2 Å². The summed E-state index contributed by atoms with van der Waals surface area (Å²) in [6.45, 7) is 5.83. The number of nitrogens with two attached hydrogens (primary N) is 1. The highest BCUT2D eigenvalue weighted by molar-refractivity contribution is 8.00. The van der Waals surface area contributed by atoms with Gasteiger partial charge in [0.05, 0.1) is 10.8 Å². The molecule has 0 saturated carbocycles. The quantitative estimate of drug-likeness (QED) is 0.0771. The van der Waals surface area contributed by atoms with Gasteiger partial charge in [-0.1, -0.05) is 127 Å². The average Bonchev–Trinajstić information content (AvgIpc) is 3.16. The number of carboxylic acids is 1. The van der Waals surface area contributed by atoms with Gasteiger partial charge in [0.25, 0.3) is 0 Å². The zero-order valence-electron chi connectivity index (χ0n) is 30.6. The largest absolute Gasteiger partial charge is 0.488 e. The molecule has 0 aliphatic rings. The molecule has 0 fully saturated rings. The number of carbonyl (C=O) groups excluding carboxylic acids is 2. The number of nitrogens with one attached hydrogen (secondary N) is 2. The second kappa shape index (κ2) is 18.3. The van der Waals surface area contributed by atoms with Crippen LogP contribution in [0.2, 0.25) is 5.02 Å². The summed E-state index contributed by atoms with van der Waals surface area (Å²) in [6, 6.07) is 40.7. The highest BCUT2D eigenvalue weighted by Crippen LogP contribution is 2.48.